The predicted octanol–water partition coefficient (Wildman–Crippen LogP) is 2.84. The van der Waals surface area contributed by atoms with Crippen LogP contribution in [0.25, 0.3) is 0 Å². The standard InChI is InChI=1S/C16H16F3N3O3/c1-9(10-4-2-3-5-12(10)16(17,18)19)22-13-6-7-21(15(24)25)8-11(13)14(23)20-22/h2-5,9H,6-8H2,1H3,(H,20,23)(H,24,25). The predicted molar refractivity (Wildman–Crippen MR) is 82.4 cm³/mol. The molecule has 9 heteroatoms. The number of carboxylic acid groups (broad SMARTS) is 1. The highest BCUT2D eigenvalue weighted by molar-refractivity contribution is 5.65. The molecule has 1 aromatic heterocycles. The molecule has 0 spiro atoms. The molecular weight excluding hydrogens is 339 g/mol. The lowest BCUT2D eigenvalue weighted by Gasteiger charge is -2.26. The van der Waals surface area contributed by atoms with E-state index in [2.05, 4.69) is 5.10 Å². The van der Waals surface area contributed by atoms with Crippen LogP contribution in [0.4, 0.5) is 18.0 Å². The van der Waals surface area contributed by atoms with E-state index in [1.165, 1.54) is 22.9 Å². The number of alkyl halides is 3. The molecule has 25 heavy (non-hydrogen) atoms. The first-order valence-electron chi connectivity index (χ1n) is 7.66. The number of aromatic nitrogens is 2. The van der Waals surface area contributed by atoms with Gasteiger partial charge in [-0.3, -0.25) is 14.6 Å². The maximum absolute atomic E-state index is 13.3. The SMILES string of the molecule is CC(c1ccccc1C(F)(F)F)n1[nH]c(=O)c2c1CCN(C(=O)O)C2. The van der Waals surface area contributed by atoms with Gasteiger partial charge in [0.2, 0.25) is 0 Å². The smallest absolute Gasteiger partial charge is 0.416 e. The fourth-order valence-corrected chi connectivity index (χ4v) is 3.22. The summed E-state index contributed by atoms with van der Waals surface area (Å²) in [6, 6.07) is 4.47. The molecule has 0 radical (unpaired) electrons. The van der Waals surface area contributed by atoms with Crippen LogP contribution in [0.5, 0.6) is 0 Å². The molecule has 1 amide bonds. The minimum Gasteiger partial charge on any atom is -0.465 e. The Hall–Kier alpha value is -2.71. The van der Waals surface area contributed by atoms with Gasteiger partial charge in [-0.15, -0.1) is 0 Å². The molecule has 0 aliphatic carbocycles. The summed E-state index contributed by atoms with van der Waals surface area (Å²) in [5, 5.41) is 11.6. The molecule has 1 unspecified atom stereocenters. The van der Waals surface area contributed by atoms with E-state index in [0.717, 1.165) is 11.0 Å². The van der Waals surface area contributed by atoms with Crippen LogP contribution < -0.4 is 5.56 Å². The van der Waals surface area contributed by atoms with Crippen molar-refractivity contribution in [3.63, 3.8) is 0 Å². The number of hydrogen-bond acceptors (Lipinski definition) is 2. The highest BCUT2D eigenvalue weighted by Crippen LogP contribution is 2.36. The molecule has 134 valence electrons. The van der Waals surface area contributed by atoms with Crippen LogP contribution in [0, 0.1) is 0 Å². The van der Waals surface area contributed by atoms with Crippen LogP contribution in [0.1, 0.15) is 35.3 Å². The monoisotopic (exact) mass is 355 g/mol. The van der Waals surface area contributed by atoms with Crippen molar-refractivity contribution in [2.75, 3.05) is 6.54 Å². The van der Waals surface area contributed by atoms with Crippen LogP contribution in [0.3, 0.4) is 0 Å². The second kappa shape index (κ2) is 5.98. The fraction of sp³-hybridized carbons (Fsp3) is 0.375. The van der Waals surface area contributed by atoms with Crippen LogP contribution in [0.2, 0.25) is 0 Å². The first-order chi connectivity index (χ1) is 11.7. The first kappa shape index (κ1) is 17.1. The largest absolute Gasteiger partial charge is 0.465 e. The molecule has 0 bridgehead atoms. The lowest BCUT2D eigenvalue weighted by atomic mass is 10.00. The molecule has 0 saturated carbocycles. The van der Waals surface area contributed by atoms with Gasteiger partial charge in [-0.25, -0.2) is 4.79 Å². The van der Waals surface area contributed by atoms with Crippen molar-refractivity contribution in [1.29, 1.82) is 0 Å². The topological polar surface area (TPSA) is 78.3 Å². The fourth-order valence-electron chi connectivity index (χ4n) is 3.22. The van der Waals surface area contributed by atoms with E-state index in [1.54, 1.807) is 6.92 Å². The molecule has 1 aliphatic rings. The Balaban J connectivity index is 2.04. The summed E-state index contributed by atoms with van der Waals surface area (Å²) in [4.78, 5) is 24.3. The minimum absolute atomic E-state index is 0.0460. The molecule has 1 aliphatic heterocycles. The zero-order valence-electron chi connectivity index (χ0n) is 13.3. The molecule has 3 rings (SSSR count). The Kier molecular flexibility index (Phi) is 4.09. The van der Waals surface area contributed by atoms with Crippen molar-refractivity contribution >= 4 is 6.09 Å². The summed E-state index contributed by atoms with van der Waals surface area (Å²) >= 11 is 0. The molecule has 0 saturated heterocycles. The second-order valence-corrected chi connectivity index (χ2v) is 5.95. The van der Waals surface area contributed by atoms with Gasteiger partial charge in [0, 0.05) is 18.7 Å². The Morgan fingerprint density at radius 3 is 2.64 bits per heavy atom. The molecule has 0 fully saturated rings. The summed E-state index contributed by atoms with van der Waals surface area (Å²) < 4.78 is 41.2. The number of amides is 1. The van der Waals surface area contributed by atoms with E-state index in [0.29, 0.717) is 5.69 Å². The van der Waals surface area contributed by atoms with Crippen molar-refractivity contribution in [3.05, 3.63) is 57.0 Å². The van der Waals surface area contributed by atoms with Crippen molar-refractivity contribution in [1.82, 2.24) is 14.7 Å². The number of hydrogen-bond donors (Lipinski definition) is 2. The van der Waals surface area contributed by atoms with E-state index >= 15 is 0 Å². The normalized spacial score (nSPS) is 15.8. The average molecular weight is 355 g/mol. The number of carbonyl (C=O) groups is 1. The first-order valence-corrected chi connectivity index (χ1v) is 7.66. The van der Waals surface area contributed by atoms with E-state index in [9.17, 15) is 22.8 Å². The second-order valence-electron chi connectivity index (χ2n) is 5.95. The Morgan fingerprint density at radius 1 is 1.32 bits per heavy atom. The van der Waals surface area contributed by atoms with Crippen molar-refractivity contribution in [2.24, 2.45) is 0 Å². The van der Waals surface area contributed by atoms with Gasteiger partial charge in [-0.2, -0.15) is 13.2 Å². The third kappa shape index (κ3) is 3.01. The summed E-state index contributed by atoms with van der Waals surface area (Å²) in [6.45, 7) is 1.69. The zero-order chi connectivity index (χ0) is 18.4. The van der Waals surface area contributed by atoms with Gasteiger partial charge >= 0.3 is 12.3 Å². The van der Waals surface area contributed by atoms with Gasteiger partial charge in [0.05, 0.1) is 23.7 Å². The number of nitrogens with zero attached hydrogens (tertiary/aromatic N) is 2. The third-order valence-corrected chi connectivity index (χ3v) is 4.48. The number of H-pyrrole nitrogens is 1. The molecule has 6 nitrogen and oxygen atoms in total. The van der Waals surface area contributed by atoms with Gasteiger partial charge in [0.15, 0.2) is 0 Å². The van der Waals surface area contributed by atoms with Crippen molar-refractivity contribution in [2.45, 2.75) is 32.1 Å². The number of benzene rings is 1. The highest BCUT2D eigenvalue weighted by atomic mass is 19.4. The molecule has 1 aromatic carbocycles. The summed E-state index contributed by atoms with van der Waals surface area (Å²) in [5.41, 5.74) is -0.354. The Bertz CT molecular complexity index is 869. The van der Waals surface area contributed by atoms with Crippen LogP contribution in [-0.4, -0.2) is 32.4 Å². The van der Waals surface area contributed by atoms with E-state index in [4.69, 9.17) is 5.11 Å². The van der Waals surface area contributed by atoms with Crippen molar-refractivity contribution in [3.8, 4) is 0 Å². The lowest BCUT2D eigenvalue weighted by Crippen LogP contribution is -2.36. The minimum atomic E-state index is -4.50. The average Bonchev–Trinajstić information content (AvgIpc) is 2.90. The molecule has 2 N–H and O–H groups in total. The van der Waals surface area contributed by atoms with E-state index in [-0.39, 0.29) is 30.6 Å². The van der Waals surface area contributed by atoms with Gasteiger partial charge in [-0.1, -0.05) is 18.2 Å². The zero-order valence-corrected chi connectivity index (χ0v) is 13.3. The third-order valence-electron chi connectivity index (χ3n) is 4.48. The van der Waals surface area contributed by atoms with Gasteiger partial charge in [-0.05, 0) is 18.6 Å². The summed E-state index contributed by atoms with van der Waals surface area (Å²) in [5.74, 6) is 0. The number of halogens is 3. The van der Waals surface area contributed by atoms with Gasteiger partial charge < -0.3 is 10.0 Å². The van der Waals surface area contributed by atoms with Crippen LogP contribution >= 0.6 is 0 Å². The number of rotatable bonds is 2. The van der Waals surface area contributed by atoms with E-state index < -0.39 is 29.4 Å². The Labute approximate surface area is 140 Å². The summed E-state index contributed by atoms with van der Waals surface area (Å²) in [6.07, 6.45) is -5.37. The molecule has 2 heterocycles. The van der Waals surface area contributed by atoms with Crippen molar-refractivity contribution < 1.29 is 23.1 Å². The van der Waals surface area contributed by atoms with Gasteiger partial charge in [0.25, 0.3) is 5.56 Å². The lowest BCUT2D eigenvalue weighted by molar-refractivity contribution is -0.138. The molecular formula is C16H16F3N3O3. The van der Waals surface area contributed by atoms with E-state index in [1.807, 2.05) is 0 Å². The number of fused-ring (bicyclic) bond motifs is 1. The molecule has 2 aromatic rings. The Morgan fingerprint density at radius 2 is 2.00 bits per heavy atom. The maximum Gasteiger partial charge on any atom is 0.416 e. The maximum atomic E-state index is 13.3. The van der Waals surface area contributed by atoms with Crippen LogP contribution in [0.15, 0.2) is 29.1 Å². The van der Waals surface area contributed by atoms with Gasteiger partial charge in [0.1, 0.15) is 0 Å². The number of aromatic amines is 1. The molecule has 1 atom stereocenters. The van der Waals surface area contributed by atoms with Crippen LogP contribution in [-0.2, 0) is 19.1 Å². The summed E-state index contributed by atoms with van der Waals surface area (Å²) in [7, 11) is 0. The number of nitrogens with one attached hydrogen (secondary N) is 1. The quantitative estimate of drug-likeness (QED) is 0.870. The highest BCUT2D eigenvalue weighted by Gasteiger charge is 2.35.